The van der Waals surface area contributed by atoms with E-state index in [-0.39, 0.29) is 0 Å². The van der Waals surface area contributed by atoms with E-state index < -0.39 is 0 Å². The molecule has 0 fully saturated rings. The molecule has 2 aromatic heterocycles. The molecule has 0 aliphatic heterocycles. The van der Waals surface area contributed by atoms with Crippen molar-refractivity contribution in [1.29, 1.82) is 0 Å². The molecule has 0 aliphatic rings. The van der Waals surface area contributed by atoms with Crippen molar-refractivity contribution in [3.8, 4) is 0 Å². The highest BCUT2D eigenvalue weighted by Gasteiger charge is 2.05. The number of thioether (sulfide) groups is 1. The quantitative estimate of drug-likeness (QED) is 0.772. The van der Waals surface area contributed by atoms with Crippen molar-refractivity contribution in [3.63, 3.8) is 0 Å². The molecule has 2 heterocycles. The maximum absolute atomic E-state index is 4.32. The van der Waals surface area contributed by atoms with Crippen molar-refractivity contribution in [3.05, 3.63) is 12.3 Å². The van der Waals surface area contributed by atoms with Gasteiger partial charge in [-0.3, -0.25) is 0 Å². The molecule has 14 heavy (non-hydrogen) atoms. The smallest absolute Gasteiger partial charge is 0.228 e. The van der Waals surface area contributed by atoms with Crippen molar-refractivity contribution in [1.82, 2.24) is 19.6 Å². The summed E-state index contributed by atoms with van der Waals surface area (Å²) in [6.45, 7) is 2.84. The molecule has 0 bridgehead atoms. The molecular weight excluding hydrogens is 198 g/mol. The molecule has 0 radical (unpaired) electrons. The van der Waals surface area contributed by atoms with E-state index in [1.807, 2.05) is 19.2 Å². The molecule has 0 saturated heterocycles. The van der Waals surface area contributed by atoms with Crippen LogP contribution in [0.25, 0.3) is 5.65 Å². The Balaban J connectivity index is 2.58. The molecule has 1 N–H and O–H groups in total. The zero-order valence-corrected chi connectivity index (χ0v) is 8.88. The van der Waals surface area contributed by atoms with E-state index in [1.165, 1.54) is 11.8 Å². The van der Waals surface area contributed by atoms with Crippen LogP contribution in [-0.2, 0) is 0 Å². The van der Waals surface area contributed by atoms with E-state index in [4.69, 9.17) is 0 Å². The van der Waals surface area contributed by atoms with Gasteiger partial charge in [0.15, 0.2) is 10.8 Å². The summed E-state index contributed by atoms with van der Waals surface area (Å²) in [7, 11) is 0. The zero-order chi connectivity index (χ0) is 9.97. The van der Waals surface area contributed by atoms with Crippen LogP contribution in [-0.4, -0.2) is 32.4 Å². The van der Waals surface area contributed by atoms with E-state index in [0.717, 1.165) is 23.3 Å². The van der Waals surface area contributed by atoms with Gasteiger partial charge < -0.3 is 5.32 Å². The van der Waals surface area contributed by atoms with E-state index >= 15 is 0 Å². The third-order valence-electron chi connectivity index (χ3n) is 1.75. The number of anilines is 1. The van der Waals surface area contributed by atoms with Gasteiger partial charge in [-0.05, 0) is 13.2 Å². The minimum absolute atomic E-state index is 0.742. The van der Waals surface area contributed by atoms with Crippen LogP contribution in [0.5, 0.6) is 0 Å². The number of aromatic nitrogens is 4. The van der Waals surface area contributed by atoms with Gasteiger partial charge in [0.1, 0.15) is 0 Å². The summed E-state index contributed by atoms with van der Waals surface area (Å²) in [6, 6.07) is 1.86. The SMILES string of the molecule is CCNc1nc(SC)nc2ccnn12. The second-order valence-electron chi connectivity index (χ2n) is 2.67. The number of hydrogen-bond donors (Lipinski definition) is 1. The Labute approximate surface area is 85.9 Å². The standard InChI is InChI=1S/C8H11N5S/c1-3-9-7-12-8(14-2)11-6-4-5-10-13(6)7/h4-5H,3H2,1-2H3,(H,9,11,12). The van der Waals surface area contributed by atoms with Crippen molar-refractivity contribution in [2.45, 2.75) is 12.1 Å². The fourth-order valence-electron chi connectivity index (χ4n) is 1.17. The first-order valence-corrected chi connectivity index (χ1v) is 5.57. The van der Waals surface area contributed by atoms with Gasteiger partial charge in [-0.2, -0.15) is 14.6 Å². The second-order valence-corrected chi connectivity index (χ2v) is 3.44. The van der Waals surface area contributed by atoms with Gasteiger partial charge in [0.25, 0.3) is 0 Å². The van der Waals surface area contributed by atoms with Crippen LogP contribution < -0.4 is 5.32 Å². The highest BCUT2D eigenvalue weighted by atomic mass is 32.2. The predicted octanol–water partition coefficient (Wildman–Crippen LogP) is 1.28. The lowest BCUT2D eigenvalue weighted by Gasteiger charge is -2.05. The Morgan fingerprint density at radius 1 is 1.50 bits per heavy atom. The third kappa shape index (κ3) is 1.52. The number of fused-ring (bicyclic) bond motifs is 1. The van der Waals surface area contributed by atoms with E-state index in [2.05, 4.69) is 20.4 Å². The van der Waals surface area contributed by atoms with Gasteiger partial charge in [0, 0.05) is 12.6 Å². The second kappa shape index (κ2) is 3.83. The van der Waals surface area contributed by atoms with Crippen LogP contribution in [0.2, 0.25) is 0 Å². The third-order valence-corrected chi connectivity index (χ3v) is 2.30. The number of rotatable bonds is 3. The number of nitrogens with one attached hydrogen (secondary N) is 1. The highest BCUT2D eigenvalue weighted by molar-refractivity contribution is 7.98. The Kier molecular flexibility index (Phi) is 2.53. The van der Waals surface area contributed by atoms with E-state index in [0.29, 0.717) is 0 Å². The molecule has 0 aliphatic carbocycles. The summed E-state index contributed by atoms with van der Waals surface area (Å²) in [4.78, 5) is 8.63. The lowest BCUT2D eigenvalue weighted by atomic mass is 10.6. The van der Waals surface area contributed by atoms with Crippen LogP contribution in [0.1, 0.15) is 6.92 Å². The lowest BCUT2D eigenvalue weighted by Crippen LogP contribution is -2.08. The van der Waals surface area contributed by atoms with Gasteiger partial charge in [0.2, 0.25) is 5.95 Å². The molecule has 5 nitrogen and oxygen atoms in total. The molecule has 0 aromatic carbocycles. The molecule has 0 amide bonds. The lowest BCUT2D eigenvalue weighted by molar-refractivity contribution is 0.835. The first-order valence-electron chi connectivity index (χ1n) is 4.34. The van der Waals surface area contributed by atoms with Crippen molar-refractivity contribution in [2.75, 3.05) is 18.1 Å². The van der Waals surface area contributed by atoms with Gasteiger partial charge in [-0.25, -0.2) is 4.98 Å². The van der Waals surface area contributed by atoms with Crippen LogP contribution in [0, 0.1) is 0 Å². The molecule has 0 atom stereocenters. The van der Waals surface area contributed by atoms with Crippen molar-refractivity contribution in [2.24, 2.45) is 0 Å². The van der Waals surface area contributed by atoms with Gasteiger partial charge in [0.05, 0.1) is 6.20 Å². The maximum Gasteiger partial charge on any atom is 0.228 e. The monoisotopic (exact) mass is 209 g/mol. The number of nitrogens with zero attached hydrogens (tertiary/aromatic N) is 4. The van der Waals surface area contributed by atoms with Crippen molar-refractivity contribution >= 4 is 23.4 Å². The predicted molar refractivity (Wildman–Crippen MR) is 56.7 cm³/mol. The molecule has 0 saturated carbocycles. The Bertz CT molecular complexity index is 438. The van der Waals surface area contributed by atoms with Crippen LogP contribution in [0.3, 0.4) is 0 Å². The fourth-order valence-corrected chi connectivity index (χ4v) is 1.53. The Morgan fingerprint density at radius 3 is 3.07 bits per heavy atom. The van der Waals surface area contributed by atoms with E-state index in [9.17, 15) is 0 Å². The molecule has 2 rings (SSSR count). The molecular formula is C8H11N5S. The largest absolute Gasteiger partial charge is 0.354 e. The fraction of sp³-hybridized carbons (Fsp3) is 0.375. The Morgan fingerprint density at radius 2 is 2.36 bits per heavy atom. The van der Waals surface area contributed by atoms with Gasteiger partial charge in [-0.15, -0.1) is 0 Å². The first kappa shape index (κ1) is 9.26. The molecule has 74 valence electrons. The minimum atomic E-state index is 0.742. The topological polar surface area (TPSA) is 55.1 Å². The molecule has 0 unspecified atom stereocenters. The summed E-state index contributed by atoms with van der Waals surface area (Å²) >= 11 is 1.52. The average Bonchev–Trinajstić information content (AvgIpc) is 2.66. The van der Waals surface area contributed by atoms with Crippen molar-refractivity contribution < 1.29 is 0 Å². The summed E-state index contributed by atoms with van der Waals surface area (Å²) in [5.41, 5.74) is 0.820. The maximum atomic E-state index is 4.32. The molecule has 0 spiro atoms. The summed E-state index contributed by atoms with van der Waals surface area (Å²) in [5, 5.41) is 8.04. The van der Waals surface area contributed by atoms with E-state index in [1.54, 1.807) is 10.7 Å². The van der Waals surface area contributed by atoms with Crippen LogP contribution in [0.4, 0.5) is 5.95 Å². The zero-order valence-electron chi connectivity index (χ0n) is 8.06. The van der Waals surface area contributed by atoms with Crippen LogP contribution >= 0.6 is 11.8 Å². The minimum Gasteiger partial charge on any atom is -0.354 e. The summed E-state index contributed by atoms with van der Waals surface area (Å²) in [6.07, 6.45) is 3.67. The van der Waals surface area contributed by atoms with Crippen LogP contribution in [0.15, 0.2) is 17.4 Å². The first-order chi connectivity index (χ1) is 6.85. The van der Waals surface area contributed by atoms with Gasteiger partial charge in [-0.1, -0.05) is 11.8 Å². The summed E-state index contributed by atoms with van der Waals surface area (Å²) in [5.74, 6) is 0.742. The molecule has 2 aromatic rings. The normalized spacial score (nSPS) is 10.7. The number of hydrogen-bond acceptors (Lipinski definition) is 5. The highest BCUT2D eigenvalue weighted by Crippen LogP contribution is 2.13. The molecule has 6 heteroatoms. The average molecular weight is 209 g/mol. The summed E-state index contributed by atoms with van der Waals surface area (Å²) < 4.78 is 1.70. The van der Waals surface area contributed by atoms with Gasteiger partial charge >= 0.3 is 0 Å². The Hall–Kier alpha value is -1.30.